The highest BCUT2D eigenvalue weighted by Crippen LogP contribution is 2.30. The Labute approximate surface area is 105 Å². The third kappa shape index (κ3) is 2.32. The van der Waals surface area contributed by atoms with Crippen molar-refractivity contribution in [3.05, 3.63) is 29.3 Å². The number of anilines is 1. The lowest BCUT2D eigenvalue weighted by Crippen LogP contribution is -2.52. The van der Waals surface area contributed by atoms with Crippen LogP contribution in [0.4, 0.5) is 5.69 Å². The van der Waals surface area contributed by atoms with E-state index < -0.39 is 0 Å². The summed E-state index contributed by atoms with van der Waals surface area (Å²) in [5.41, 5.74) is 10.2. The molecule has 2 nitrogen and oxygen atoms in total. The number of piperidine rings is 1. The summed E-state index contributed by atoms with van der Waals surface area (Å²) in [5.74, 6) is 0.560. The van der Waals surface area contributed by atoms with E-state index in [4.69, 9.17) is 5.73 Å². The van der Waals surface area contributed by atoms with Crippen molar-refractivity contribution in [2.45, 2.75) is 46.2 Å². The van der Waals surface area contributed by atoms with Crippen LogP contribution in [-0.4, -0.2) is 18.6 Å². The highest BCUT2D eigenvalue weighted by atomic mass is 15.2. The first-order chi connectivity index (χ1) is 8.00. The second-order valence-corrected chi connectivity index (χ2v) is 5.54. The Bertz CT molecular complexity index is 400. The predicted octanol–water partition coefficient (Wildman–Crippen LogP) is 2.87. The molecule has 1 aromatic carbocycles. The Morgan fingerprint density at radius 1 is 1.24 bits per heavy atom. The SMILES string of the molecule is Cc1ccc(N2CCC(N)C(C)C2C)c(C)c1. The van der Waals surface area contributed by atoms with Gasteiger partial charge < -0.3 is 10.6 Å². The van der Waals surface area contributed by atoms with E-state index in [2.05, 4.69) is 50.8 Å². The highest BCUT2D eigenvalue weighted by Gasteiger charge is 2.30. The number of hydrogen-bond acceptors (Lipinski definition) is 2. The maximum atomic E-state index is 6.14. The summed E-state index contributed by atoms with van der Waals surface area (Å²) in [6.07, 6.45) is 1.10. The molecule has 0 aromatic heterocycles. The smallest absolute Gasteiger partial charge is 0.0398 e. The summed E-state index contributed by atoms with van der Waals surface area (Å²) >= 11 is 0. The van der Waals surface area contributed by atoms with E-state index in [9.17, 15) is 0 Å². The van der Waals surface area contributed by atoms with Crippen LogP contribution in [0.5, 0.6) is 0 Å². The molecule has 1 heterocycles. The summed E-state index contributed by atoms with van der Waals surface area (Å²) in [6, 6.07) is 7.60. The second-order valence-electron chi connectivity index (χ2n) is 5.54. The van der Waals surface area contributed by atoms with Gasteiger partial charge in [0, 0.05) is 24.3 Å². The van der Waals surface area contributed by atoms with Crippen molar-refractivity contribution in [3.8, 4) is 0 Å². The van der Waals surface area contributed by atoms with Gasteiger partial charge in [-0.2, -0.15) is 0 Å². The molecular formula is C15H24N2. The zero-order chi connectivity index (χ0) is 12.6. The van der Waals surface area contributed by atoms with Crippen LogP contribution in [-0.2, 0) is 0 Å². The van der Waals surface area contributed by atoms with Crippen molar-refractivity contribution in [1.82, 2.24) is 0 Å². The summed E-state index contributed by atoms with van der Waals surface area (Å²) in [6.45, 7) is 9.99. The monoisotopic (exact) mass is 232 g/mol. The Morgan fingerprint density at radius 3 is 2.59 bits per heavy atom. The lowest BCUT2D eigenvalue weighted by atomic mass is 9.87. The molecule has 1 saturated heterocycles. The topological polar surface area (TPSA) is 29.3 Å². The van der Waals surface area contributed by atoms with Gasteiger partial charge >= 0.3 is 0 Å². The molecule has 1 aliphatic rings. The maximum absolute atomic E-state index is 6.14. The van der Waals surface area contributed by atoms with Crippen molar-refractivity contribution in [2.24, 2.45) is 11.7 Å². The zero-order valence-corrected chi connectivity index (χ0v) is 11.4. The molecule has 1 aromatic rings. The van der Waals surface area contributed by atoms with Crippen LogP contribution >= 0.6 is 0 Å². The first-order valence-electron chi connectivity index (χ1n) is 6.60. The van der Waals surface area contributed by atoms with Gasteiger partial charge in [0.15, 0.2) is 0 Å². The molecule has 0 aliphatic carbocycles. The number of nitrogens with zero attached hydrogens (tertiary/aromatic N) is 1. The summed E-state index contributed by atoms with van der Waals surface area (Å²) in [7, 11) is 0. The van der Waals surface area contributed by atoms with Gasteiger partial charge in [0.05, 0.1) is 0 Å². The molecule has 2 rings (SSSR count). The van der Waals surface area contributed by atoms with Crippen LogP contribution in [0.15, 0.2) is 18.2 Å². The minimum absolute atomic E-state index is 0.354. The Hall–Kier alpha value is -1.02. The third-order valence-electron chi connectivity index (χ3n) is 4.29. The van der Waals surface area contributed by atoms with Crippen molar-refractivity contribution >= 4 is 5.69 Å². The Morgan fingerprint density at radius 2 is 1.94 bits per heavy atom. The molecule has 2 heteroatoms. The molecule has 0 amide bonds. The molecule has 0 bridgehead atoms. The molecule has 94 valence electrons. The van der Waals surface area contributed by atoms with Gasteiger partial charge in [-0.1, -0.05) is 24.6 Å². The lowest BCUT2D eigenvalue weighted by Gasteiger charge is -2.43. The van der Waals surface area contributed by atoms with E-state index in [0.717, 1.165) is 13.0 Å². The molecular weight excluding hydrogens is 208 g/mol. The molecule has 17 heavy (non-hydrogen) atoms. The van der Waals surface area contributed by atoms with Crippen LogP contribution in [0.1, 0.15) is 31.4 Å². The van der Waals surface area contributed by atoms with Crippen LogP contribution in [0.3, 0.4) is 0 Å². The molecule has 2 N–H and O–H groups in total. The first-order valence-corrected chi connectivity index (χ1v) is 6.60. The van der Waals surface area contributed by atoms with E-state index in [1.165, 1.54) is 16.8 Å². The van der Waals surface area contributed by atoms with E-state index in [0.29, 0.717) is 18.0 Å². The van der Waals surface area contributed by atoms with Crippen molar-refractivity contribution < 1.29 is 0 Å². The van der Waals surface area contributed by atoms with Gasteiger partial charge in [0.25, 0.3) is 0 Å². The van der Waals surface area contributed by atoms with Crippen LogP contribution < -0.4 is 10.6 Å². The molecule has 1 aliphatic heterocycles. The van der Waals surface area contributed by atoms with Crippen molar-refractivity contribution in [2.75, 3.05) is 11.4 Å². The molecule has 0 radical (unpaired) electrons. The Kier molecular flexibility index (Phi) is 3.43. The standard InChI is InChI=1S/C15H24N2/c1-10-5-6-15(11(2)9-10)17-8-7-14(16)12(3)13(17)4/h5-6,9,12-14H,7-8,16H2,1-4H3. The van der Waals surface area contributed by atoms with Gasteiger partial charge in [-0.3, -0.25) is 0 Å². The van der Waals surface area contributed by atoms with E-state index in [1.807, 2.05) is 0 Å². The van der Waals surface area contributed by atoms with Gasteiger partial charge in [-0.15, -0.1) is 0 Å². The predicted molar refractivity (Wildman–Crippen MR) is 74.5 cm³/mol. The number of aryl methyl sites for hydroxylation is 2. The van der Waals surface area contributed by atoms with Crippen LogP contribution in [0.2, 0.25) is 0 Å². The second kappa shape index (κ2) is 4.69. The minimum Gasteiger partial charge on any atom is -0.368 e. The van der Waals surface area contributed by atoms with Gasteiger partial charge in [-0.05, 0) is 44.7 Å². The summed E-state index contributed by atoms with van der Waals surface area (Å²) in [4.78, 5) is 2.52. The zero-order valence-electron chi connectivity index (χ0n) is 11.4. The van der Waals surface area contributed by atoms with Gasteiger partial charge in [-0.25, -0.2) is 0 Å². The van der Waals surface area contributed by atoms with Crippen molar-refractivity contribution in [3.63, 3.8) is 0 Å². The number of rotatable bonds is 1. The lowest BCUT2D eigenvalue weighted by molar-refractivity contribution is 0.315. The largest absolute Gasteiger partial charge is 0.368 e. The normalized spacial score (nSPS) is 29.5. The number of benzene rings is 1. The van der Waals surface area contributed by atoms with E-state index >= 15 is 0 Å². The van der Waals surface area contributed by atoms with Crippen LogP contribution in [0.25, 0.3) is 0 Å². The molecule has 0 spiro atoms. The van der Waals surface area contributed by atoms with Crippen molar-refractivity contribution in [1.29, 1.82) is 0 Å². The summed E-state index contributed by atoms with van der Waals surface area (Å²) < 4.78 is 0. The average molecular weight is 232 g/mol. The number of hydrogen-bond donors (Lipinski definition) is 1. The van der Waals surface area contributed by atoms with Gasteiger partial charge in [0.2, 0.25) is 0 Å². The third-order valence-corrected chi connectivity index (χ3v) is 4.29. The van der Waals surface area contributed by atoms with E-state index in [1.54, 1.807) is 0 Å². The maximum Gasteiger partial charge on any atom is 0.0398 e. The fourth-order valence-electron chi connectivity index (χ4n) is 2.86. The molecule has 3 unspecified atom stereocenters. The first kappa shape index (κ1) is 12.4. The fraction of sp³-hybridized carbons (Fsp3) is 0.600. The molecule has 1 fully saturated rings. The quantitative estimate of drug-likeness (QED) is 0.806. The molecule has 0 saturated carbocycles. The Balaban J connectivity index is 2.28. The number of nitrogens with two attached hydrogens (primary N) is 1. The highest BCUT2D eigenvalue weighted by molar-refractivity contribution is 5.55. The van der Waals surface area contributed by atoms with Crippen LogP contribution in [0, 0.1) is 19.8 Å². The van der Waals surface area contributed by atoms with E-state index in [-0.39, 0.29) is 0 Å². The average Bonchev–Trinajstić information content (AvgIpc) is 2.28. The summed E-state index contributed by atoms with van der Waals surface area (Å²) in [5, 5.41) is 0. The minimum atomic E-state index is 0.354. The van der Waals surface area contributed by atoms with Gasteiger partial charge in [0.1, 0.15) is 0 Å². The fourth-order valence-corrected chi connectivity index (χ4v) is 2.86. The molecule has 3 atom stereocenters.